The quantitative estimate of drug-likeness (QED) is 0.463. The molecule has 3 aromatic heterocycles. The number of fused-ring (bicyclic) bond motifs is 1. The summed E-state index contributed by atoms with van der Waals surface area (Å²) in [5.41, 5.74) is 7.46. The van der Waals surface area contributed by atoms with Gasteiger partial charge in [0.05, 0.1) is 5.69 Å². The fourth-order valence-electron chi connectivity index (χ4n) is 3.58. The highest BCUT2D eigenvalue weighted by Crippen LogP contribution is 2.33. The summed E-state index contributed by atoms with van der Waals surface area (Å²) in [6, 6.07) is 12.6. The first-order valence-electron chi connectivity index (χ1n) is 10.3. The van der Waals surface area contributed by atoms with Crippen LogP contribution in [0.5, 0.6) is 5.75 Å². The van der Waals surface area contributed by atoms with Gasteiger partial charge in [0.25, 0.3) is 5.91 Å². The van der Waals surface area contributed by atoms with E-state index >= 15 is 0 Å². The number of nitrogen functional groups attached to an aromatic ring is 1. The van der Waals surface area contributed by atoms with Crippen molar-refractivity contribution in [3.63, 3.8) is 0 Å². The maximum Gasteiger partial charge on any atom is 0.260 e. The van der Waals surface area contributed by atoms with Gasteiger partial charge in [-0.1, -0.05) is 29.0 Å². The number of piperazine rings is 1. The molecule has 0 spiro atoms. The number of carbonyl (C=O) groups excluding carboxylic acids is 1. The molecule has 4 aromatic rings. The van der Waals surface area contributed by atoms with Crippen LogP contribution in [0.2, 0.25) is 5.02 Å². The fraction of sp³-hybridized carbons (Fsp3) is 0.227. The van der Waals surface area contributed by atoms with E-state index in [1.54, 1.807) is 35.4 Å². The lowest BCUT2D eigenvalue weighted by Gasteiger charge is -2.35. The van der Waals surface area contributed by atoms with Crippen molar-refractivity contribution in [1.29, 1.82) is 0 Å². The maximum atomic E-state index is 12.6. The maximum absolute atomic E-state index is 12.6. The lowest BCUT2D eigenvalue weighted by molar-refractivity contribution is -0.133. The summed E-state index contributed by atoms with van der Waals surface area (Å²) in [5, 5.41) is 1.39. The number of nitrogens with zero attached hydrogens (tertiary/aromatic N) is 6. The van der Waals surface area contributed by atoms with Crippen LogP contribution in [0.1, 0.15) is 0 Å². The smallest absolute Gasteiger partial charge is 0.260 e. The second-order valence-electron chi connectivity index (χ2n) is 7.40. The van der Waals surface area contributed by atoms with Crippen LogP contribution in [-0.2, 0) is 4.79 Å². The molecule has 0 unspecified atom stereocenters. The van der Waals surface area contributed by atoms with Gasteiger partial charge in [0.1, 0.15) is 16.3 Å². The molecule has 0 saturated carbocycles. The van der Waals surface area contributed by atoms with Crippen molar-refractivity contribution < 1.29 is 9.53 Å². The number of anilines is 2. The fourth-order valence-corrected chi connectivity index (χ4v) is 4.62. The number of pyridine rings is 1. The molecular formula is C22H20ClN7O2S. The monoisotopic (exact) mass is 481 g/mol. The van der Waals surface area contributed by atoms with E-state index in [9.17, 15) is 4.79 Å². The van der Waals surface area contributed by atoms with Crippen LogP contribution in [0.25, 0.3) is 21.0 Å². The van der Waals surface area contributed by atoms with Gasteiger partial charge in [-0.05, 0) is 36.4 Å². The number of thiazole rings is 1. The van der Waals surface area contributed by atoms with Crippen LogP contribution in [0, 0.1) is 0 Å². The van der Waals surface area contributed by atoms with Crippen molar-refractivity contribution in [1.82, 2.24) is 24.8 Å². The van der Waals surface area contributed by atoms with Gasteiger partial charge < -0.3 is 20.3 Å². The Morgan fingerprint density at radius 2 is 1.85 bits per heavy atom. The number of carbonyl (C=O) groups is 1. The molecule has 1 fully saturated rings. The predicted molar refractivity (Wildman–Crippen MR) is 129 cm³/mol. The lowest BCUT2D eigenvalue weighted by atomic mass is 10.3. The molecule has 9 nitrogen and oxygen atoms in total. The molecule has 168 valence electrons. The number of hydrogen-bond donors (Lipinski definition) is 1. The van der Waals surface area contributed by atoms with Crippen molar-refractivity contribution in [3.8, 4) is 16.5 Å². The topological polar surface area (TPSA) is 110 Å². The molecule has 2 N–H and O–H groups in total. The van der Waals surface area contributed by atoms with Gasteiger partial charge in [0.2, 0.25) is 5.95 Å². The summed E-state index contributed by atoms with van der Waals surface area (Å²) in [7, 11) is 0. The van der Waals surface area contributed by atoms with E-state index in [-0.39, 0.29) is 18.5 Å². The first-order valence-corrected chi connectivity index (χ1v) is 11.5. The number of rotatable bonds is 5. The highest BCUT2D eigenvalue weighted by atomic mass is 35.5. The molecule has 11 heteroatoms. The Labute approximate surface area is 198 Å². The van der Waals surface area contributed by atoms with Crippen molar-refractivity contribution >= 4 is 51.0 Å². The Morgan fingerprint density at radius 1 is 1.06 bits per heavy atom. The van der Waals surface area contributed by atoms with E-state index in [0.717, 1.165) is 10.7 Å². The van der Waals surface area contributed by atoms with Gasteiger partial charge in [-0.3, -0.25) is 9.78 Å². The molecule has 5 rings (SSSR count). The minimum Gasteiger partial charge on any atom is -0.484 e. The Balaban J connectivity index is 1.27. The summed E-state index contributed by atoms with van der Waals surface area (Å²) < 4.78 is 5.59. The van der Waals surface area contributed by atoms with Gasteiger partial charge in [-0.2, -0.15) is 4.98 Å². The molecule has 1 aliphatic heterocycles. The molecule has 0 aliphatic carbocycles. The molecule has 1 amide bonds. The molecular weight excluding hydrogens is 462 g/mol. The van der Waals surface area contributed by atoms with Crippen molar-refractivity contribution in [2.75, 3.05) is 43.4 Å². The normalized spacial score (nSPS) is 14.0. The largest absolute Gasteiger partial charge is 0.484 e. The lowest BCUT2D eigenvalue weighted by Crippen LogP contribution is -2.50. The molecule has 0 radical (unpaired) electrons. The molecule has 1 aromatic carbocycles. The summed E-state index contributed by atoms with van der Waals surface area (Å²) in [6.45, 7) is 2.28. The molecule has 1 saturated heterocycles. The highest BCUT2D eigenvalue weighted by Gasteiger charge is 2.25. The summed E-state index contributed by atoms with van der Waals surface area (Å²) >= 11 is 7.31. The first kappa shape index (κ1) is 21.4. The van der Waals surface area contributed by atoms with Gasteiger partial charge in [0.15, 0.2) is 17.3 Å². The number of halogens is 1. The van der Waals surface area contributed by atoms with Crippen molar-refractivity contribution in [2.24, 2.45) is 0 Å². The SMILES string of the molecule is Nc1nc(N2CCN(C(=O)COc3ccc(Cl)cc3)CC2)c2nc(-c3ccccn3)sc2n1. The van der Waals surface area contributed by atoms with Crippen molar-refractivity contribution in [2.45, 2.75) is 0 Å². The highest BCUT2D eigenvalue weighted by molar-refractivity contribution is 7.21. The zero-order chi connectivity index (χ0) is 22.8. The van der Waals surface area contributed by atoms with E-state index in [4.69, 9.17) is 27.1 Å². The van der Waals surface area contributed by atoms with E-state index in [0.29, 0.717) is 53.1 Å². The molecule has 1 aliphatic rings. The molecule has 33 heavy (non-hydrogen) atoms. The third kappa shape index (κ3) is 4.67. The number of nitrogens with two attached hydrogens (primary N) is 1. The third-order valence-corrected chi connectivity index (χ3v) is 6.47. The van der Waals surface area contributed by atoms with Crippen LogP contribution < -0.4 is 15.4 Å². The Bertz CT molecular complexity index is 1280. The number of aromatic nitrogens is 4. The van der Waals surface area contributed by atoms with Crippen molar-refractivity contribution in [3.05, 3.63) is 53.7 Å². The Morgan fingerprint density at radius 3 is 2.58 bits per heavy atom. The summed E-state index contributed by atoms with van der Waals surface area (Å²) in [6.07, 6.45) is 1.73. The zero-order valence-corrected chi connectivity index (χ0v) is 19.1. The minimum atomic E-state index is -0.0666. The van der Waals surface area contributed by atoms with E-state index in [2.05, 4.69) is 19.9 Å². The van der Waals surface area contributed by atoms with E-state index in [1.807, 2.05) is 18.2 Å². The Kier molecular flexibility index (Phi) is 5.93. The second kappa shape index (κ2) is 9.16. The molecule has 0 bridgehead atoms. The number of hydrogen-bond acceptors (Lipinski definition) is 9. The standard InChI is InChI=1S/C22H20ClN7O2S/c23-14-4-6-15(7-5-14)32-13-17(31)29-9-11-30(12-10-29)19-18-21(28-22(24)27-19)33-20(26-18)16-3-1-2-8-25-16/h1-8H,9-13H2,(H2,24,27,28). The second-order valence-corrected chi connectivity index (χ2v) is 8.82. The van der Waals surface area contributed by atoms with Gasteiger partial charge in [-0.25, -0.2) is 9.97 Å². The average Bonchev–Trinajstić information content (AvgIpc) is 3.28. The van der Waals surface area contributed by atoms with Crippen LogP contribution in [0.3, 0.4) is 0 Å². The van der Waals surface area contributed by atoms with Crippen LogP contribution in [-0.4, -0.2) is 63.5 Å². The first-order chi connectivity index (χ1) is 16.1. The van der Waals surface area contributed by atoms with Gasteiger partial charge >= 0.3 is 0 Å². The van der Waals surface area contributed by atoms with Crippen LogP contribution in [0.15, 0.2) is 48.7 Å². The summed E-state index contributed by atoms with van der Waals surface area (Å²) in [5.74, 6) is 1.42. The molecule has 4 heterocycles. The summed E-state index contributed by atoms with van der Waals surface area (Å²) in [4.78, 5) is 35.1. The van der Waals surface area contributed by atoms with Gasteiger partial charge in [0, 0.05) is 37.4 Å². The number of ether oxygens (including phenoxy) is 1. The van der Waals surface area contributed by atoms with E-state index < -0.39 is 0 Å². The van der Waals surface area contributed by atoms with E-state index in [1.165, 1.54) is 11.3 Å². The predicted octanol–water partition coefficient (Wildman–Crippen LogP) is 3.11. The number of benzene rings is 1. The molecule has 0 atom stereocenters. The van der Waals surface area contributed by atoms with Gasteiger partial charge in [-0.15, -0.1) is 0 Å². The average molecular weight is 482 g/mol. The zero-order valence-electron chi connectivity index (χ0n) is 17.5. The third-order valence-electron chi connectivity index (χ3n) is 5.25. The number of amides is 1. The Hall–Kier alpha value is -3.50. The minimum absolute atomic E-state index is 0.0220. The van der Waals surface area contributed by atoms with Crippen LogP contribution in [0.4, 0.5) is 11.8 Å². The van der Waals surface area contributed by atoms with Crippen LogP contribution >= 0.6 is 22.9 Å².